The van der Waals surface area contributed by atoms with Gasteiger partial charge in [0, 0.05) is 18.9 Å². The molecule has 1 aliphatic heterocycles. The molecule has 0 bridgehead atoms. The van der Waals surface area contributed by atoms with Crippen molar-refractivity contribution in [1.29, 1.82) is 0 Å². The van der Waals surface area contributed by atoms with Crippen molar-refractivity contribution in [3.63, 3.8) is 0 Å². The molecule has 0 aromatic carbocycles. The minimum Gasteiger partial charge on any atom is -0.550 e. The van der Waals surface area contributed by atoms with Crippen molar-refractivity contribution < 1.29 is 19.5 Å². The number of imide groups is 1. The first kappa shape index (κ1) is 20.7. The fraction of sp³-hybridized carbons (Fsp3) is 0.842. The maximum absolute atomic E-state index is 12.6. The summed E-state index contributed by atoms with van der Waals surface area (Å²) in [7, 11) is 0. The SMILES string of the molecule is CCCCCC(CCC)C1CC(=O)N(CCCCCC(=O)[O-])C1=O. The largest absolute Gasteiger partial charge is 0.550 e. The maximum Gasteiger partial charge on any atom is 0.233 e. The van der Waals surface area contributed by atoms with Gasteiger partial charge >= 0.3 is 0 Å². The summed E-state index contributed by atoms with van der Waals surface area (Å²) in [6.45, 7) is 4.72. The number of hydrogen-bond donors (Lipinski definition) is 0. The zero-order valence-electron chi connectivity index (χ0n) is 15.2. The molecule has 1 fully saturated rings. The first-order valence-electron chi connectivity index (χ1n) is 9.55. The quantitative estimate of drug-likeness (QED) is 0.382. The first-order chi connectivity index (χ1) is 11.5. The molecule has 1 heterocycles. The van der Waals surface area contributed by atoms with E-state index < -0.39 is 5.97 Å². The number of carbonyl (C=O) groups is 3. The van der Waals surface area contributed by atoms with Crippen LogP contribution in [0.5, 0.6) is 0 Å². The Balaban J connectivity index is 2.48. The summed E-state index contributed by atoms with van der Waals surface area (Å²) >= 11 is 0. The normalized spacial score (nSPS) is 19.1. The van der Waals surface area contributed by atoms with Crippen LogP contribution in [0, 0.1) is 11.8 Å². The van der Waals surface area contributed by atoms with Gasteiger partial charge in [0.25, 0.3) is 0 Å². The second-order valence-corrected chi connectivity index (χ2v) is 6.92. The van der Waals surface area contributed by atoms with Gasteiger partial charge in [0.05, 0.1) is 5.92 Å². The molecule has 0 N–H and O–H groups in total. The van der Waals surface area contributed by atoms with Crippen molar-refractivity contribution in [2.24, 2.45) is 11.8 Å². The Hall–Kier alpha value is -1.39. The lowest BCUT2D eigenvalue weighted by Crippen LogP contribution is -2.33. The van der Waals surface area contributed by atoms with Crippen LogP contribution in [0.25, 0.3) is 0 Å². The monoisotopic (exact) mass is 338 g/mol. The second kappa shape index (κ2) is 11.2. The molecule has 0 radical (unpaired) electrons. The lowest BCUT2D eigenvalue weighted by Gasteiger charge is -2.22. The third-order valence-corrected chi connectivity index (χ3v) is 4.95. The molecule has 24 heavy (non-hydrogen) atoms. The van der Waals surface area contributed by atoms with Crippen molar-refractivity contribution in [1.82, 2.24) is 4.90 Å². The topological polar surface area (TPSA) is 77.5 Å². The van der Waals surface area contributed by atoms with Gasteiger partial charge in [-0.25, -0.2) is 0 Å². The van der Waals surface area contributed by atoms with E-state index in [0.29, 0.717) is 38.1 Å². The van der Waals surface area contributed by atoms with Crippen molar-refractivity contribution >= 4 is 17.8 Å². The molecule has 1 rings (SSSR count). The van der Waals surface area contributed by atoms with Gasteiger partial charge in [-0.3, -0.25) is 14.5 Å². The van der Waals surface area contributed by atoms with Crippen molar-refractivity contribution in [2.75, 3.05) is 6.54 Å². The summed E-state index contributed by atoms with van der Waals surface area (Å²) in [6, 6.07) is 0. The lowest BCUT2D eigenvalue weighted by molar-refractivity contribution is -0.305. The van der Waals surface area contributed by atoms with Gasteiger partial charge in [0.15, 0.2) is 0 Å². The van der Waals surface area contributed by atoms with Crippen molar-refractivity contribution in [3.05, 3.63) is 0 Å². The van der Waals surface area contributed by atoms with Crippen LogP contribution in [0.1, 0.15) is 84.5 Å². The Morgan fingerprint density at radius 2 is 1.83 bits per heavy atom. The zero-order valence-corrected chi connectivity index (χ0v) is 15.2. The van der Waals surface area contributed by atoms with E-state index in [9.17, 15) is 19.5 Å². The highest BCUT2D eigenvalue weighted by Gasteiger charge is 2.41. The smallest absolute Gasteiger partial charge is 0.233 e. The number of rotatable bonds is 13. The van der Waals surface area contributed by atoms with Crippen LogP contribution in [-0.4, -0.2) is 29.2 Å². The molecule has 0 spiro atoms. The molecular weight excluding hydrogens is 306 g/mol. The summed E-state index contributed by atoms with van der Waals surface area (Å²) < 4.78 is 0. The van der Waals surface area contributed by atoms with E-state index >= 15 is 0 Å². The van der Waals surface area contributed by atoms with E-state index in [0.717, 1.165) is 32.1 Å². The molecule has 5 nitrogen and oxygen atoms in total. The molecule has 2 unspecified atom stereocenters. The number of likely N-dealkylation sites (tertiary alicyclic amines) is 1. The van der Waals surface area contributed by atoms with Crippen LogP contribution >= 0.6 is 0 Å². The fourth-order valence-electron chi connectivity index (χ4n) is 3.60. The molecule has 2 amide bonds. The highest BCUT2D eigenvalue weighted by atomic mass is 16.4. The molecule has 1 saturated heterocycles. The molecule has 138 valence electrons. The summed E-state index contributed by atoms with van der Waals surface area (Å²) in [4.78, 5) is 36.6. The number of hydrogen-bond acceptors (Lipinski definition) is 4. The van der Waals surface area contributed by atoms with Crippen LogP contribution in [-0.2, 0) is 14.4 Å². The molecule has 5 heteroatoms. The van der Waals surface area contributed by atoms with Crippen LogP contribution in [0.15, 0.2) is 0 Å². The Morgan fingerprint density at radius 3 is 2.46 bits per heavy atom. The summed E-state index contributed by atoms with van der Waals surface area (Å²) in [5.41, 5.74) is 0. The Kier molecular flexibility index (Phi) is 9.65. The Bertz CT molecular complexity index is 422. The van der Waals surface area contributed by atoms with E-state index in [1.807, 2.05) is 0 Å². The number of carboxylic acids is 1. The molecule has 0 aliphatic carbocycles. The Morgan fingerprint density at radius 1 is 1.08 bits per heavy atom. The third-order valence-electron chi connectivity index (χ3n) is 4.95. The van der Waals surface area contributed by atoms with Crippen LogP contribution in [0.3, 0.4) is 0 Å². The molecule has 1 aliphatic rings. The molecular formula is C19H32NO4-. The van der Waals surface area contributed by atoms with Gasteiger partial charge in [-0.15, -0.1) is 0 Å². The van der Waals surface area contributed by atoms with Crippen LogP contribution in [0.4, 0.5) is 0 Å². The molecule has 0 saturated carbocycles. The average molecular weight is 338 g/mol. The molecule has 2 atom stereocenters. The van der Waals surface area contributed by atoms with Crippen molar-refractivity contribution in [2.45, 2.75) is 84.5 Å². The predicted octanol–water partition coefficient (Wildman–Crippen LogP) is 2.67. The minimum absolute atomic E-state index is 0.00477. The van der Waals surface area contributed by atoms with E-state index in [-0.39, 0.29) is 24.2 Å². The van der Waals surface area contributed by atoms with Crippen LogP contribution in [0.2, 0.25) is 0 Å². The van der Waals surface area contributed by atoms with Gasteiger partial charge in [-0.05, 0) is 38.0 Å². The number of nitrogens with zero attached hydrogens (tertiary/aromatic N) is 1. The first-order valence-corrected chi connectivity index (χ1v) is 9.55. The van der Waals surface area contributed by atoms with E-state index in [2.05, 4.69) is 13.8 Å². The fourth-order valence-corrected chi connectivity index (χ4v) is 3.60. The van der Waals surface area contributed by atoms with Gasteiger partial charge in [0.1, 0.15) is 0 Å². The maximum atomic E-state index is 12.6. The molecule has 0 aromatic rings. The summed E-state index contributed by atoms with van der Waals surface area (Å²) in [5.74, 6) is -0.923. The second-order valence-electron chi connectivity index (χ2n) is 6.92. The average Bonchev–Trinajstić information content (AvgIpc) is 2.81. The number of aliphatic carboxylic acids is 1. The Labute approximate surface area is 145 Å². The van der Waals surface area contributed by atoms with E-state index in [1.165, 1.54) is 11.3 Å². The van der Waals surface area contributed by atoms with E-state index in [4.69, 9.17) is 0 Å². The van der Waals surface area contributed by atoms with Gasteiger partial charge in [-0.2, -0.15) is 0 Å². The number of amides is 2. The zero-order chi connectivity index (χ0) is 17.9. The molecule has 0 aromatic heterocycles. The van der Waals surface area contributed by atoms with Gasteiger partial charge in [-0.1, -0.05) is 46.0 Å². The van der Waals surface area contributed by atoms with Gasteiger partial charge in [0.2, 0.25) is 11.8 Å². The number of carbonyl (C=O) groups excluding carboxylic acids is 3. The van der Waals surface area contributed by atoms with Gasteiger partial charge < -0.3 is 9.90 Å². The number of carboxylic acid groups (broad SMARTS) is 1. The standard InChI is InChI=1S/C19H33NO4/c1-3-5-7-11-15(10-4-2)16-14-17(21)20(19(16)24)13-9-6-8-12-18(22)23/h15-16H,3-14H2,1-2H3,(H,22,23)/p-1. The van der Waals surface area contributed by atoms with Crippen LogP contribution < -0.4 is 5.11 Å². The summed E-state index contributed by atoms with van der Waals surface area (Å²) in [5, 5.41) is 10.4. The van der Waals surface area contributed by atoms with Crippen molar-refractivity contribution in [3.8, 4) is 0 Å². The summed E-state index contributed by atoms with van der Waals surface area (Å²) in [6.07, 6.45) is 8.85. The highest BCUT2D eigenvalue weighted by molar-refractivity contribution is 6.03. The lowest BCUT2D eigenvalue weighted by atomic mass is 9.83. The third kappa shape index (κ3) is 6.62. The predicted molar refractivity (Wildman–Crippen MR) is 90.8 cm³/mol. The highest BCUT2D eigenvalue weighted by Crippen LogP contribution is 2.33. The minimum atomic E-state index is -1.04. The van der Waals surface area contributed by atoms with E-state index in [1.54, 1.807) is 0 Å². The number of unbranched alkanes of at least 4 members (excludes halogenated alkanes) is 4.